The minimum atomic E-state index is 0.297. The summed E-state index contributed by atoms with van der Waals surface area (Å²) in [5.41, 5.74) is 1.23. The normalized spacial score (nSPS) is 26.4. The van der Waals surface area contributed by atoms with E-state index >= 15 is 0 Å². The molecule has 2 aliphatic carbocycles. The number of amides is 1. The second-order valence-electron chi connectivity index (χ2n) is 7.87. The molecular formula is C19H29N3OS. The van der Waals surface area contributed by atoms with E-state index in [1.807, 2.05) is 11.3 Å². The number of nitrogens with one attached hydrogen (secondary N) is 1. The van der Waals surface area contributed by atoms with Gasteiger partial charge in [0.05, 0.1) is 10.7 Å². The van der Waals surface area contributed by atoms with E-state index in [1.54, 1.807) is 0 Å². The van der Waals surface area contributed by atoms with E-state index < -0.39 is 0 Å². The summed E-state index contributed by atoms with van der Waals surface area (Å²) in [6.07, 6.45) is 11.1. The Morgan fingerprint density at radius 1 is 1.17 bits per heavy atom. The molecule has 0 radical (unpaired) electrons. The summed E-state index contributed by atoms with van der Waals surface area (Å²) >= 11 is 1.85. The fourth-order valence-corrected chi connectivity index (χ4v) is 5.27. The van der Waals surface area contributed by atoms with Crippen LogP contribution in [0.3, 0.4) is 0 Å². The van der Waals surface area contributed by atoms with Crippen molar-refractivity contribution in [2.45, 2.75) is 76.3 Å². The van der Waals surface area contributed by atoms with Crippen molar-refractivity contribution < 1.29 is 4.79 Å². The molecule has 0 bridgehead atoms. The first-order valence-electron chi connectivity index (χ1n) is 9.75. The predicted molar refractivity (Wildman–Crippen MR) is 97.1 cm³/mol. The van der Waals surface area contributed by atoms with E-state index in [0.29, 0.717) is 17.9 Å². The molecule has 0 aromatic carbocycles. The van der Waals surface area contributed by atoms with Crippen molar-refractivity contribution in [3.05, 3.63) is 16.1 Å². The second kappa shape index (κ2) is 7.52. The van der Waals surface area contributed by atoms with Gasteiger partial charge in [0, 0.05) is 36.3 Å². The van der Waals surface area contributed by atoms with Crippen molar-refractivity contribution in [3.63, 3.8) is 0 Å². The Morgan fingerprint density at radius 2 is 2.00 bits per heavy atom. The first kappa shape index (κ1) is 16.5. The number of carbonyl (C=O) groups is 1. The average molecular weight is 348 g/mol. The van der Waals surface area contributed by atoms with Crippen LogP contribution in [0.25, 0.3) is 0 Å². The molecule has 3 fully saturated rings. The third-order valence-electron chi connectivity index (χ3n) is 5.99. The largest absolute Gasteiger partial charge is 0.352 e. The SMILES string of the molecule is O=C(NC1CCCN(Cc2csc(C3CCCC3)n2)C1)C1CCC1. The van der Waals surface area contributed by atoms with Crippen LogP contribution in [-0.2, 0) is 11.3 Å². The Balaban J connectivity index is 1.28. The third kappa shape index (κ3) is 3.83. The van der Waals surface area contributed by atoms with Gasteiger partial charge in [0.1, 0.15) is 0 Å². The summed E-state index contributed by atoms with van der Waals surface area (Å²) in [7, 11) is 0. The summed E-state index contributed by atoms with van der Waals surface area (Å²) in [5.74, 6) is 1.32. The van der Waals surface area contributed by atoms with Crippen LogP contribution in [-0.4, -0.2) is 34.9 Å². The van der Waals surface area contributed by atoms with Crippen LogP contribution < -0.4 is 5.32 Å². The lowest BCUT2D eigenvalue weighted by Crippen LogP contribution is -2.49. The van der Waals surface area contributed by atoms with E-state index in [-0.39, 0.29) is 0 Å². The third-order valence-corrected chi connectivity index (χ3v) is 7.04. The molecule has 5 heteroatoms. The van der Waals surface area contributed by atoms with Gasteiger partial charge in [0.25, 0.3) is 0 Å². The van der Waals surface area contributed by atoms with Crippen LogP contribution in [0.4, 0.5) is 0 Å². The molecule has 1 saturated heterocycles. The molecular weight excluding hydrogens is 318 g/mol. The number of carbonyl (C=O) groups excluding carboxylic acids is 1. The molecule has 2 heterocycles. The van der Waals surface area contributed by atoms with Crippen LogP contribution in [0.1, 0.15) is 74.4 Å². The minimum absolute atomic E-state index is 0.297. The summed E-state index contributed by atoms with van der Waals surface area (Å²) < 4.78 is 0. The summed E-state index contributed by atoms with van der Waals surface area (Å²) in [6.45, 7) is 3.06. The van der Waals surface area contributed by atoms with Crippen LogP contribution in [0, 0.1) is 5.92 Å². The first-order valence-corrected chi connectivity index (χ1v) is 10.6. The molecule has 132 valence electrons. The number of rotatable bonds is 5. The van der Waals surface area contributed by atoms with Crippen molar-refractivity contribution in [1.82, 2.24) is 15.2 Å². The van der Waals surface area contributed by atoms with Gasteiger partial charge in [0.2, 0.25) is 5.91 Å². The molecule has 2 saturated carbocycles. The lowest BCUT2D eigenvalue weighted by atomic mass is 9.84. The topological polar surface area (TPSA) is 45.2 Å². The van der Waals surface area contributed by atoms with Crippen LogP contribution in [0.2, 0.25) is 0 Å². The maximum Gasteiger partial charge on any atom is 0.223 e. The van der Waals surface area contributed by atoms with Crippen molar-refractivity contribution in [1.29, 1.82) is 0 Å². The lowest BCUT2D eigenvalue weighted by Gasteiger charge is -2.34. The zero-order chi connectivity index (χ0) is 16.4. The molecule has 1 aliphatic heterocycles. The van der Waals surface area contributed by atoms with Gasteiger partial charge >= 0.3 is 0 Å². The highest BCUT2D eigenvalue weighted by atomic mass is 32.1. The number of hydrogen-bond acceptors (Lipinski definition) is 4. The first-order chi connectivity index (χ1) is 11.8. The number of piperidine rings is 1. The van der Waals surface area contributed by atoms with Gasteiger partial charge in [-0.25, -0.2) is 4.98 Å². The molecule has 3 aliphatic rings. The molecule has 0 spiro atoms. The van der Waals surface area contributed by atoms with E-state index in [9.17, 15) is 4.79 Å². The second-order valence-corrected chi connectivity index (χ2v) is 8.76. The monoisotopic (exact) mass is 347 g/mol. The molecule has 4 rings (SSSR count). The van der Waals surface area contributed by atoms with Gasteiger partial charge in [0.15, 0.2) is 0 Å². The highest BCUT2D eigenvalue weighted by molar-refractivity contribution is 7.09. The van der Waals surface area contributed by atoms with Gasteiger partial charge in [-0.05, 0) is 45.1 Å². The molecule has 1 atom stereocenters. The lowest BCUT2D eigenvalue weighted by molar-refractivity contribution is -0.128. The van der Waals surface area contributed by atoms with Crippen molar-refractivity contribution >= 4 is 17.2 Å². The van der Waals surface area contributed by atoms with Crippen LogP contribution >= 0.6 is 11.3 Å². The highest BCUT2D eigenvalue weighted by Crippen LogP contribution is 2.35. The zero-order valence-corrected chi connectivity index (χ0v) is 15.3. The van der Waals surface area contributed by atoms with Crippen molar-refractivity contribution in [3.8, 4) is 0 Å². The van der Waals surface area contributed by atoms with Crippen molar-refractivity contribution in [2.24, 2.45) is 5.92 Å². The summed E-state index contributed by atoms with van der Waals surface area (Å²) in [4.78, 5) is 19.6. The van der Waals surface area contributed by atoms with Gasteiger partial charge in [-0.1, -0.05) is 19.3 Å². The molecule has 1 N–H and O–H groups in total. The fraction of sp³-hybridized carbons (Fsp3) is 0.789. The van der Waals surface area contributed by atoms with Crippen LogP contribution in [0.5, 0.6) is 0 Å². The maximum absolute atomic E-state index is 12.2. The highest BCUT2D eigenvalue weighted by Gasteiger charge is 2.29. The quantitative estimate of drug-likeness (QED) is 0.884. The van der Waals surface area contributed by atoms with E-state index in [1.165, 1.54) is 49.2 Å². The van der Waals surface area contributed by atoms with Gasteiger partial charge in [-0.3, -0.25) is 9.69 Å². The fourth-order valence-electron chi connectivity index (χ4n) is 4.29. The minimum Gasteiger partial charge on any atom is -0.352 e. The molecule has 1 unspecified atom stereocenters. The summed E-state index contributed by atoms with van der Waals surface area (Å²) in [5, 5.41) is 6.90. The molecule has 1 aromatic heterocycles. The smallest absolute Gasteiger partial charge is 0.223 e. The maximum atomic E-state index is 12.2. The Labute approximate surface area is 149 Å². The van der Waals surface area contributed by atoms with Crippen molar-refractivity contribution in [2.75, 3.05) is 13.1 Å². The molecule has 4 nitrogen and oxygen atoms in total. The zero-order valence-electron chi connectivity index (χ0n) is 14.5. The van der Waals surface area contributed by atoms with E-state index in [0.717, 1.165) is 44.8 Å². The average Bonchev–Trinajstić information content (AvgIpc) is 3.16. The molecule has 1 aromatic rings. The van der Waals surface area contributed by atoms with Gasteiger partial charge in [-0.15, -0.1) is 11.3 Å². The Kier molecular flexibility index (Phi) is 5.18. The van der Waals surface area contributed by atoms with Crippen LogP contribution in [0.15, 0.2) is 5.38 Å². The van der Waals surface area contributed by atoms with E-state index in [4.69, 9.17) is 4.98 Å². The number of thiazole rings is 1. The number of likely N-dealkylation sites (tertiary alicyclic amines) is 1. The number of hydrogen-bond donors (Lipinski definition) is 1. The Bertz CT molecular complexity index is 563. The predicted octanol–water partition coefficient (Wildman–Crippen LogP) is 3.68. The molecule has 1 amide bonds. The number of aromatic nitrogens is 1. The standard InChI is InChI=1S/C19H29N3OS/c23-18(14-7-3-8-14)20-16-9-4-10-22(11-16)12-17-13-24-19(21-17)15-5-1-2-6-15/h13-16H,1-12H2,(H,20,23). The number of nitrogens with zero attached hydrogens (tertiary/aromatic N) is 2. The van der Waals surface area contributed by atoms with Gasteiger partial charge in [-0.2, -0.15) is 0 Å². The summed E-state index contributed by atoms with van der Waals surface area (Å²) in [6, 6.07) is 0.333. The molecule has 24 heavy (non-hydrogen) atoms. The van der Waals surface area contributed by atoms with Gasteiger partial charge < -0.3 is 5.32 Å². The van der Waals surface area contributed by atoms with E-state index in [2.05, 4.69) is 15.6 Å². The Morgan fingerprint density at radius 3 is 2.75 bits per heavy atom. The Hall–Kier alpha value is -0.940.